The number of allylic oxidation sites excluding steroid dienone is 11. The molecule has 0 bridgehead atoms. The molecule has 6 aromatic rings. The second-order valence-electron chi connectivity index (χ2n) is 14.0. The summed E-state index contributed by atoms with van der Waals surface area (Å²) in [4.78, 5) is 2.13. The van der Waals surface area contributed by atoms with Gasteiger partial charge in [-0.05, 0) is 119 Å². The van der Waals surface area contributed by atoms with Crippen LogP contribution in [0.3, 0.4) is 0 Å². The highest BCUT2D eigenvalue weighted by Gasteiger charge is 2.31. The monoisotopic (exact) mass is 677 g/mol. The van der Waals surface area contributed by atoms with Crippen molar-refractivity contribution in [2.45, 2.75) is 0 Å². The molecule has 0 spiro atoms. The summed E-state index contributed by atoms with van der Waals surface area (Å²) in [5, 5.41) is 0. The number of nitrogens with zero attached hydrogens (tertiary/aromatic N) is 1. The van der Waals surface area contributed by atoms with Crippen LogP contribution in [0.15, 0.2) is 217 Å². The molecule has 6 aromatic carbocycles. The van der Waals surface area contributed by atoms with Gasteiger partial charge in [0.15, 0.2) is 0 Å². The van der Waals surface area contributed by atoms with Crippen molar-refractivity contribution < 1.29 is 0 Å². The van der Waals surface area contributed by atoms with Crippen molar-refractivity contribution in [1.29, 1.82) is 0 Å². The first-order chi connectivity index (χ1) is 26.1. The molecule has 0 fully saturated rings. The standard InChI is InChI=1S/C52H39N/c1-53(2)35-36-31-41(33-47-43-27-15-17-29-45(43)49(37-19-7-3-8-20-37)51(47)39-23-11-5-12-24-39)42(32-36)34-48-44-28-16-18-30-46(44)50(38-21-9-4-10-22-38)52(48)40-25-13-6-14-26-40/h3-35H,1-2H3/b47-33+,48-34+. The Balaban J connectivity index is 1.29. The van der Waals surface area contributed by atoms with Gasteiger partial charge in [0.2, 0.25) is 0 Å². The molecule has 252 valence electrons. The summed E-state index contributed by atoms with van der Waals surface area (Å²) >= 11 is 0. The Bertz CT molecular complexity index is 2400. The fourth-order valence-electron chi connectivity index (χ4n) is 8.10. The lowest BCUT2D eigenvalue weighted by molar-refractivity contribution is 0.561. The molecule has 0 unspecified atom stereocenters. The first-order valence-corrected chi connectivity index (χ1v) is 18.3. The summed E-state index contributed by atoms with van der Waals surface area (Å²) in [6, 6.07) is 61.2. The van der Waals surface area contributed by atoms with Gasteiger partial charge in [0, 0.05) is 20.3 Å². The highest BCUT2D eigenvalue weighted by atomic mass is 15.0. The molecule has 0 amide bonds. The van der Waals surface area contributed by atoms with Crippen LogP contribution in [0.5, 0.6) is 0 Å². The van der Waals surface area contributed by atoms with Gasteiger partial charge in [-0.2, -0.15) is 0 Å². The minimum Gasteiger partial charge on any atom is -0.383 e. The summed E-state index contributed by atoms with van der Waals surface area (Å²) in [5.74, 6) is 0. The van der Waals surface area contributed by atoms with Crippen LogP contribution < -0.4 is 0 Å². The maximum absolute atomic E-state index is 2.43. The first kappa shape index (κ1) is 32.2. The second kappa shape index (κ2) is 13.8. The molecule has 0 saturated carbocycles. The van der Waals surface area contributed by atoms with Crippen LogP contribution in [0.4, 0.5) is 0 Å². The van der Waals surface area contributed by atoms with Gasteiger partial charge >= 0.3 is 0 Å². The van der Waals surface area contributed by atoms with Crippen molar-refractivity contribution in [2.75, 3.05) is 14.1 Å². The third kappa shape index (κ3) is 5.97. The van der Waals surface area contributed by atoms with Crippen molar-refractivity contribution in [1.82, 2.24) is 4.90 Å². The van der Waals surface area contributed by atoms with E-state index in [-0.39, 0.29) is 0 Å². The van der Waals surface area contributed by atoms with E-state index in [1.807, 2.05) is 0 Å². The highest BCUT2D eigenvalue weighted by molar-refractivity contribution is 6.26. The van der Waals surface area contributed by atoms with E-state index in [1.54, 1.807) is 0 Å². The number of hydrogen-bond donors (Lipinski definition) is 0. The third-order valence-corrected chi connectivity index (χ3v) is 10.2. The summed E-state index contributed by atoms with van der Waals surface area (Å²) in [6.07, 6.45) is 11.8. The number of hydrogen-bond acceptors (Lipinski definition) is 1. The van der Waals surface area contributed by atoms with Gasteiger partial charge in [-0.3, -0.25) is 0 Å². The molecule has 0 atom stereocenters. The first-order valence-electron chi connectivity index (χ1n) is 18.3. The zero-order chi connectivity index (χ0) is 35.7. The Labute approximate surface area is 312 Å². The molecule has 9 rings (SSSR count). The van der Waals surface area contributed by atoms with Gasteiger partial charge in [0.1, 0.15) is 0 Å². The Kier molecular flexibility index (Phi) is 8.38. The van der Waals surface area contributed by atoms with Gasteiger partial charge in [-0.25, -0.2) is 0 Å². The van der Waals surface area contributed by atoms with E-state index in [2.05, 4.69) is 219 Å². The van der Waals surface area contributed by atoms with Crippen LogP contribution in [0.25, 0.3) is 33.4 Å². The lowest BCUT2D eigenvalue weighted by Gasteiger charge is -2.13. The molecular weight excluding hydrogens is 639 g/mol. The van der Waals surface area contributed by atoms with E-state index in [4.69, 9.17) is 0 Å². The fourth-order valence-corrected chi connectivity index (χ4v) is 8.10. The number of benzene rings is 6. The lowest BCUT2D eigenvalue weighted by Crippen LogP contribution is -2.01. The molecule has 0 radical (unpaired) electrons. The molecule has 0 heterocycles. The maximum Gasteiger partial charge on any atom is 0.00591 e. The summed E-state index contributed by atoms with van der Waals surface area (Å²) < 4.78 is 0. The Morgan fingerprint density at radius 1 is 0.340 bits per heavy atom. The molecule has 53 heavy (non-hydrogen) atoms. The van der Waals surface area contributed by atoms with E-state index >= 15 is 0 Å². The van der Waals surface area contributed by atoms with E-state index in [0.29, 0.717) is 0 Å². The molecule has 0 saturated heterocycles. The van der Waals surface area contributed by atoms with Crippen LogP contribution in [-0.2, 0) is 0 Å². The second-order valence-corrected chi connectivity index (χ2v) is 14.0. The van der Waals surface area contributed by atoms with Crippen molar-refractivity contribution in [3.8, 4) is 0 Å². The Morgan fingerprint density at radius 2 is 0.642 bits per heavy atom. The SMILES string of the molecule is CN(C)C=C1C=C(/C=C2/C(c3ccccc3)=C(c3ccccc3)c3ccccc32)C(/C=C2/C(c3ccccc3)=C(c3ccccc3)c3ccccc32)=C1. The third-order valence-electron chi connectivity index (χ3n) is 10.2. The van der Waals surface area contributed by atoms with Gasteiger partial charge in [-0.15, -0.1) is 0 Å². The average molecular weight is 678 g/mol. The van der Waals surface area contributed by atoms with E-state index in [9.17, 15) is 0 Å². The van der Waals surface area contributed by atoms with Crippen molar-refractivity contribution in [3.05, 3.63) is 262 Å². The zero-order valence-corrected chi connectivity index (χ0v) is 30.0. The minimum absolute atomic E-state index is 1.17. The highest BCUT2D eigenvalue weighted by Crippen LogP contribution is 2.52. The molecule has 3 aliphatic carbocycles. The van der Waals surface area contributed by atoms with Crippen molar-refractivity contribution in [3.63, 3.8) is 0 Å². The number of rotatable bonds is 7. The van der Waals surface area contributed by atoms with E-state index < -0.39 is 0 Å². The largest absolute Gasteiger partial charge is 0.383 e. The van der Waals surface area contributed by atoms with Crippen LogP contribution in [0.2, 0.25) is 0 Å². The van der Waals surface area contributed by atoms with Gasteiger partial charge in [-0.1, -0.05) is 170 Å². The average Bonchev–Trinajstić information content (AvgIpc) is 3.85. The number of fused-ring (bicyclic) bond motifs is 2. The Morgan fingerprint density at radius 3 is 0.981 bits per heavy atom. The van der Waals surface area contributed by atoms with Crippen LogP contribution >= 0.6 is 0 Å². The minimum atomic E-state index is 1.17. The molecule has 1 nitrogen and oxygen atoms in total. The van der Waals surface area contributed by atoms with E-state index in [1.165, 1.54) is 94.7 Å². The summed E-state index contributed by atoms with van der Waals surface area (Å²) in [5.41, 5.74) is 21.0. The lowest BCUT2D eigenvalue weighted by atomic mass is 9.90. The quantitative estimate of drug-likeness (QED) is 0.163. The molecule has 1 heteroatoms. The van der Waals surface area contributed by atoms with Gasteiger partial charge in [0.05, 0.1) is 0 Å². The Hall–Kier alpha value is -6.70. The van der Waals surface area contributed by atoms with Gasteiger partial charge in [0.25, 0.3) is 0 Å². The maximum atomic E-state index is 2.43. The molecule has 3 aliphatic rings. The zero-order valence-electron chi connectivity index (χ0n) is 30.0. The topological polar surface area (TPSA) is 3.24 Å². The smallest absolute Gasteiger partial charge is 0.00591 e. The van der Waals surface area contributed by atoms with Crippen LogP contribution in [-0.4, -0.2) is 19.0 Å². The van der Waals surface area contributed by atoms with Crippen LogP contribution in [0, 0.1) is 0 Å². The van der Waals surface area contributed by atoms with E-state index in [0.717, 1.165) is 0 Å². The van der Waals surface area contributed by atoms with Gasteiger partial charge < -0.3 is 4.90 Å². The predicted molar refractivity (Wildman–Crippen MR) is 224 cm³/mol. The molecule has 0 aliphatic heterocycles. The molecule has 0 aromatic heterocycles. The summed E-state index contributed by atoms with van der Waals surface area (Å²) in [6.45, 7) is 0. The fraction of sp³-hybridized carbons (Fsp3) is 0.0385. The normalized spacial score (nSPS) is 16.2. The molecular formula is C52H39N. The molecule has 0 N–H and O–H groups in total. The van der Waals surface area contributed by atoms with Crippen molar-refractivity contribution in [2.24, 2.45) is 0 Å². The van der Waals surface area contributed by atoms with Crippen molar-refractivity contribution >= 4 is 33.4 Å². The van der Waals surface area contributed by atoms with Crippen LogP contribution in [0.1, 0.15) is 44.5 Å². The predicted octanol–water partition coefficient (Wildman–Crippen LogP) is 12.4. The summed E-state index contributed by atoms with van der Waals surface area (Å²) in [7, 11) is 4.18.